The molecule has 0 aromatic heterocycles. The first-order valence-electron chi connectivity index (χ1n) is 15.3. The van der Waals surface area contributed by atoms with Gasteiger partial charge in [-0.3, -0.25) is 29.0 Å². The Morgan fingerprint density at radius 1 is 0.766 bits per heavy atom. The lowest BCUT2D eigenvalue weighted by molar-refractivity contribution is -0.126. The second-order valence-corrected chi connectivity index (χ2v) is 13.9. The summed E-state index contributed by atoms with van der Waals surface area (Å²) < 4.78 is 6.35. The lowest BCUT2D eigenvalue weighted by atomic mass is 9.57. The van der Waals surface area contributed by atoms with Crippen molar-refractivity contribution in [3.8, 4) is 11.5 Å². The van der Waals surface area contributed by atoms with E-state index in [1.807, 2.05) is 18.2 Å². The first-order chi connectivity index (χ1) is 22.6. The number of carbonyl (C=O) groups is 4. The molecular formula is C37H30Br2N2O6. The number of phenolic OH excluding ortho intramolecular Hbond substituents is 1. The van der Waals surface area contributed by atoms with E-state index in [4.69, 9.17) is 4.74 Å². The number of allylic oxidation sites excluding steroid dienone is 2. The van der Waals surface area contributed by atoms with Gasteiger partial charge in [0.15, 0.2) is 11.5 Å². The van der Waals surface area contributed by atoms with Crippen LogP contribution in [0.2, 0.25) is 0 Å². The Morgan fingerprint density at radius 2 is 1.30 bits per heavy atom. The number of halogens is 2. The smallest absolute Gasteiger partial charge is 0.238 e. The number of benzene rings is 3. The molecule has 3 fully saturated rings. The molecule has 238 valence electrons. The van der Waals surface area contributed by atoms with E-state index in [1.165, 1.54) is 16.9 Å². The average molecular weight is 758 g/mol. The maximum Gasteiger partial charge on any atom is 0.238 e. The molecule has 4 aliphatic rings. The molecule has 4 amide bonds. The molecule has 3 aromatic rings. The molecule has 47 heavy (non-hydrogen) atoms. The lowest BCUT2D eigenvalue weighted by Crippen LogP contribution is -2.43. The topological polar surface area (TPSA) is 104 Å². The van der Waals surface area contributed by atoms with Crippen LogP contribution in [0.5, 0.6) is 11.5 Å². The third-order valence-electron chi connectivity index (χ3n) is 10.2. The van der Waals surface area contributed by atoms with Gasteiger partial charge in [0, 0.05) is 10.4 Å². The van der Waals surface area contributed by atoms with Gasteiger partial charge in [-0.25, -0.2) is 0 Å². The first kappa shape index (κ1) is 31.3. The zero-order chi connectivity index (χ0) is 33.3. The molecule has 0 radical (unpaired) electrons. The minimum atomic E-state index is -0.784. The zero-order valence-corrected chi connectivity index (χ0v) is 28.5. The van der Waals surface area contributed by atoms with Crippen LogP contribution in [-0.4, -0.2) is 35.8 Å². The van der Waals surface area contributed by atoms with Crippen LogP contribution in [0.25, 0.3) is 12.2 Å². The van der Waals surface area contributed by atoms with E-state index < -0.39 is 35.5 Å². The fourth-order valence-electron chi connectivity index (χ4n) is 7.96. The summed E-state index contributed by atoms with van der Waals surface area (Å²) in [6, 6.07) is 15.8. The molecule has 1 N–H and O–H groups in total. The highest BCUT2D eigenvalue weighted by molar-refractivity contribution is 9.13. The van der Waals surface area contributed by atoms with Gasteiger partial charge in [0.05, 0.1) is 46.6 Å². The summed E-state index contributed by atoms with van der Waals surface area (Å²) in [5.41, 5.74) is 4.13. The van der Waals surface area contributed by atoms with Crippen LogP contribution in [0.1, 0.15) is 35.4 Å². The number of ether oxygens (including phenoxy) is 1. The van der Waals surface area contributed by atoms with Crippen molar-refractivity contribution < 1.29 is 29.0 Å². The number of aromatic hydroxyl groups is 1. The van der Waals surface area contributed by atoms with Crippen molar-refractivity contribution in [1.29, 1.82) is 0 Å². The number of imide groups is 2. The van der Waals surface area contributed by atoms with Gasteiger partial charge in [-0.15, -0.1) is 0 Å². The Labute approximate surface area is 288 Å². The number of phenols is 1. The molecule has 2 aliphatic heterocycles. The summed E-state index contributed by atoms with van der Waals surface area (Å²) in [5.74, 6) is -5.12. The predicted octanol–water partition coefficient (Wildman–Crippen LogP) is 7.26. The second kappa shape index (κ2) is 11.8. The Balaban J connectivity index is 1.36. The number of carbonyl (C=O) groups excluding carboxylic acids is 4. The molecule has 2 saturated heterocycles. The van der Waals surface area contributed by atoms with E-state index in [2.05, 4.69) is 45.0 Å². The lowest BCUT2D eigenvalue weighted by Gasteiger charge is -2.44. The molecular weight excluding hydrogens is 728 g/mol. The normalized spacial score (nSPS) is 26.5. The number of rotatable bonds is 6. The van der Waals surface area contributed by atoms with Gasteiger partial charge in [-0.05, 0) is 97.6 Å². The second-order valence-electron chi connectivity index (χ2n) is 12.3. The Morgan fingerprint density at radius 3 is 1.83 bits per heavy atom. The van der Waals surface area contributed by atoms with Gasteiger partial charge in [0.25, 0.3) is 0 Å². The van der Waals surface area contributed by atoms with E-state index in [0.29, 0.717) is 32.3 Å². The van der Waals surface area contributed by atoms with Crippen molar-refractivity contribution >= 4 is 79.0 Å². The first-order valence-corrected chi connectivity index (χ1v) is 16.8. The molecule has 2 aliphatic carbocycles. The molecule has 7 rings (SSSR count). The Bertz CT molecular complexity index is 1920. The highest BCUT2D eigenvalue weighted by Crippen LogP contribution is 2.60. The van der Waals surface area contributed by atoms with Crippen LogP contribution < -0.4 is 14.5 Å². The van der Waals surface area contributed by atoms with E-state index >= 15 is 0 Å². The van der Waals surface area contributed by atoms with Crippen molar-refractivity contribution in [3.05, 3.63) is 105 Å². The zero-order valence-electron chi connectivity index (χ0n) is 25.4. The van der Waals surface area contributed by atoms with Crippen molar-refractivity contribution in [2.24, 2.45) is 29.6 Å². The molecule has 0 spiro atoms. The van der Waals surface area contributed by atoms with E-state index in [9.17, 15) is 24.3 Å². The third kappa shape index (κ3) is 4.67. The molecule has 6 atom stereocenters. The quantitative estimate of drug-likeness (QED) is 0.210. The molecule has 3 aromatic carbocycles. The maximum atomic E-state index is 14.4. The van der Waals surface area contributed by atoms with Crippen LogP contribution in [0.4, 0.5) is 11.4 Å². The fourth-order valence-corrected chi connectivity index (χ4v) is 8.93. The monoisotopic (exact) mass is 756 g/mol. The SMILES string of the molecule is C=Cc1ccc(N2C(=O)[C@H]3[C@H](CC=C4[C@H]3C[C@H]3C(=O)N(c5ccc(C=C)cc5)C(=O)[C@H]3[C@H]4c3cc(OC)c(O)c(Br)c3Br)C2=O)cc1. The van der Waals surface area contributed by atoms with Gasteiger partial charge in [0.1, 0.15) is 0 Å². The van der Waals surface area contributed by atoms with Gasteiger partial charge in [-0.2, -0.15) is 0 Å². The third-order valence-corrected chi connectivity index (χ3v) is 12.3. The van der Waals surface area contributed by atoms with Gasteiger partial charge in [-0.1, -0.05) is 61.2 Å². The molecule has 0 bridgehead atoms. The molecule has 2 heterocycles. The summed E-state index contributed by atoms with van der Waals surface area (Å²) >= 11 is 7.11. The fraction of sp³-hybridized carbons (Fsp3) is 0.243. The summed E-state index contributed by atoms with van der Waals surface area (Å²) in [6.45, 7) is 7.57. The average Bonchev–Trinajstić information content (AvgIpc) is 3.50. The predicted molar refractivity (Wildman–Crippen MR) is 186 cm³/mol. The summed E-state index contributed by atoms with van der Waals surface area (Å²) in [7, 11) is 1.44. The molecule has 0 unspecified atom stereocenters. The van der Waals surface area contributed by atoms with Crippen LogP contribution >= 0.6 is 31.9 Å². The summed E-state index contributed by atoms with van der Waals surface area (Å²) in [6.07, 6.45) is 5.93. The molecule has 10 heteroatoms. The Hall–Kier alpha value is -4.28. The van der Waals surface area contributed by atoms with Crippen LogP contribution in [-0.2, 0) is 19.2 Å². The number of hydrogen-bond donors (Lipinski definition) is 1. The number of methoxy groups -OCH3 is 1. The largest absolute Gasteiger partial charge is 0.503 e. The van der Waals surface area contributed by atoms with Gasteiger partial charge < -0.3 is 9.84 Å². The number of nitrogens with zero attached hydrogens (tertiary/aromatic N) is 2. The van der Waals surface area contributed by atoms with E-state index in [0.717, 1.165) is 16.7 Å². The highest BCUT2D eigenvalue weighted by Gasteiger charge is 2.62. The van der Waals surface area contributed by atoms with Gasteiger partial charge in [0.2, 0.25) is 23.6 Å². The Kier molecular flexibility index (Phi) is 7.83. The molecule has 1 saturated carbocycles. The number of hydrogen-bond acceptors (Lipinski definition) is 6. The minimum absolute atomic E-state index is 0.114. The van der Waals surface area contributed by atoms with Gasteiger partial charge >= 0.3 is 0 Å². The van der Waals surface area contributed by atoms with Crippen LogP contribution in [0, 0.1) is 29.6 Å². The van der Waals surface area contributed by atoms with Crippen molar-refractivity contribution in [1.82, 2.24) is 0 Å². The standard InChI is InChI=1S/C37H30Br2N2O6/c1-4-18-6-10-20(11-7-18)40-34(43)23-15-14-22-24(29(23)36(40)45)16-26-30(28(22)25-17-27(47-3)33(42)32(39)31(25)38)37(46)41(35(26)44)21-12-8-19(5-2)9-13-21/h4-14,17,23-24,26,28-30,42H,1-2,15-16H2,3H3/t23-,24+,26+,28+,29-,30+/m0/s1. The van der Waals surface area contributed by atoms with Crippen LogP contribution in [0.15, 0.2) is 88.3 Å². The summed E-state index contributed by atoms with van der Waals surface area (Å²) in [5, 5.41) is 10.8. The summed E-state index contributed by atoms with van der Waals surface area (Å²) in [4.78, 5) is 59.3. The number of anilines is 2. The van der Waals surface area contributed by atoms with Crippen molar-refractivity contribution in [2.75, 3.05) is 16.9 Å². The van der Waals surface area contributed by atoms with Crippen LogP contribution in [0.3, 0.4) is 0 Å². The van der Waals surface area contributed by atoms with Crippen molar-refractivity contribution in [3.63, 3.8) is 0 Å². The number of amides is 4. The van der Waals surface area contributed by atoms with E-state index in [1.54, 1.807) is 54.6 Å². The van der Waals surface area contributed by atoms with Crippen molar-refractivity contribution in [2.45, 2.75) is 18.8 Å². The number of fused-ring (bicyclic) bond motifs is 4. The highest BCUT2D eigenvalue weighted by atomic mass is 79.9. The van der Waals surface area contributed by atoms with E-state index in [-0.39, 0.29) is 41.5 Å². The maximum absolute atomic E-state index is 14.4. The molecule has 8 nitrogen and oxygen atoms in total. The minimum Gasteiger partial charge on any atom is -0.503 e.